The number of fused-ring (bicyclic) bond motifs is 1. The van der Waals surface area contributed by atoms with Gasteiger partial charge >= 0.3 is 0 Å². The maximum atomic E-state index is 13.1. The molecule has 254 valence electrons. The van der Waals surface area contributed by atoms with E-state index >= 15 is 0 Å². The van der Waals surface area contributed by atoms with E-state index in [1.165, 1.54) is 12.6 Å². The lowest BCUT2D eigenvalue weighted by molar-refractivity contribution is -0.124. The maximum Gasteiger partial charge on any atom is 0.262 e. The molecule has 3 aromatic carbocycles. The SMILES string of the molecule is CNC(=O)C(C)N1C(=O)c2ccc(N3CCC(N4CCC(c5ccc(/C(=C/C(=[NH2+])c6ccccc6O)C(=N)N)cc5)CC4)CC3)cc2C1=O. The molecule has 11 nitrogen and oxygen atoms in total. The van der Waals surface area contributed by atoms with Gasteiger partial charge in [-0.2, -0.15) is 0 Å². The van der Waals surface area contributed by atoms with Crippen molar-refractivity contribution in [2.75, 3.05) is 38.1 Å². The number of anilines is 1. The van der Waals surface area contributed by atoms with Crippen LogP contribution in [0.5, 0.6) is 5.75 Å². The number of allylic oxidation sites excluding steroid dienone is 1. The Labute approximate surface area is 286 Å². The third-order valence-electron chi connectivity index (χ3n) is 10.3. The van der Waals surface area contributed by atoms with Crippen molar-refractivity contribution in [1.29, 1.82) is 5.41 Å². The first-order chi connectivity index (χ1) is 23.6. The number of hydrogen-bond donors (Lipinski definition) is 5. The molecule has 3 aliphatic rings. The van der Waals surface area contributed by atoms with E-state index < -0.39 is 17.9 Å². The molecule has 7 N–H and O–H groups in total. The molecule has 0 saturated carbocycles. The first-order valence-corrected chi connectivity index (χ1v) is 16.9. The van der Waals surface area contributed by atoms with Crippen molar-refractivity contribution < 1.29 is 24.9 Å². The minimum Gasteiger partial charge on any atom is -0.507 e. The summed E-state index contributed by atoms with van der Waals surface area (Å²) in [4.78, 5) is 44.1. The lowest BCUT2D eigenvalue weighted by Crippen LogP contribution is -2.47. The van der Waals surface area contributed by atoms with Crippen molar-refractivity contribution in [1.82, 2.24) is 15.1 Å². The van der Waals surface area contributed by atoms with Gasteiger partial charge in [0.05, 0.1) is 16.7 Å². The summed E-state index contributed by atoms with van der Waals surface area (Å²) in [6.07, 6.45) is 5.81. The Hall–Kier alpha value is -5.29. The summed E-state index contributed by atoms with van der Waals surface area (Å²) >= 11 is 0. The maximum absolute atomic E-state index is 13.1. The molecular formula is C38H44N7O4+. The molecule has 1 atom stereocenters. The quantitative estimate of drug-likeness (QED) is 0.133. The van der Waals surface area contributed by atoms with Gasteiger partial charge in [0.1, 0.15) is 17.6 Å². The van der Waals surface area contributed by atoms with Crippen molar-refractivity contribution in [3.63, 3.8) is 0 Å². The lowest BCUT2D eigenvalue weighted by atomic mass is 9.87. The van der Waals surface area contributed by atoms with Gasteiger partial charge in [0.15, 0.2) is 0 Å². The number of carbonyl (C=O) groups excluding carboxylic acids is 3. The molecule has 3 heterocycles. The molecule has 0 radical (unpaired) electrons. The monoisotopic (exact) mass is 662 g/mol. The van der Waals surface area contributed by atoms with Crippen LogP contribution in [0.4, 0.5) is 5.69 Å². The summed E-state index contributed by atoms with van der Waals surface area (Å²) in [6, 6.07) is 20.1. The van der Waals surface area contributed by atoms with Crippen LogP contribution in [0, 0.1) is 5.41 Å². The zero-order chi connectivity index (χ0) is 34.8. The van der Waals surface area contributed by atoms with E-state index in [4.69, 9.17) is 16.6 Å². The summed E-state index contributed by atoms with van der Waals surface area (Å²) in [6.45, 7) is 5.34. The molecule has 0 aromatic heterocycles. The average Bonchev–Trinajstić information content (AvgIpc) is 3.38. The molecule has 3 aliphatic heterocycles. The van der Waals surface area contributed by atoms with E-state index in [0.29, 0.717) is 39.9 Å². The van der Waals surface area contributed by atoms with Crippen LogP contribution in [0.15, 0.2) is 72.8 Å². The number of likely N-dealkylation sites (N-methyl/N-ethyl adjacent to an activating group) is 1. The number of rotatable bonds is 9. The Morgan fingerprint density at radius 2 is 1.61 bits per heavy atom. The smallest absolute Gasteiger partial charge is 0.262 e. The zero-order valence-corrected chi connectivity index (χ0v) is 28.0. The van der Waals surface area contributed by atoms with E-state index in [9.17, 15) is 19.5 Å². The molecule has 0 spiro atoms. The molecule has 11 heteroatoms. The molecule has 1 unspecified atom stereocenters. The average molecular weight is 663 g/mol. The van der Waals surface area contributed by atoms with E-state index in [1.807, 2.05) is 18.2 Å². The fourth-order valence-corrected chi connectivity index (χ4v) is 7.41. The third kappa shape index (κ3) is 6.71. The number of nitrogens with one attached hydrogen (secondary N) is 2. The number of amidine groups is 1. The molecule has 2 fully saturated rings. The standard InChI is InChI=1S/C38H43N7O4/c1-23(36(47)42-2)45-37(48)29-12-11-28(21-32(29)38(45)49)44-19-15-27(16-20-44)43-17-13-25(14-18-43)24-7-9-26(10-8-24)31(35(40)41)22-33(39)30-5-3-4-6-34(30)46/h3-12,21-23,25,27,39,46H,13-20H2,1-2H3,(H3,40,41)(H,42,47)/p+1/b31-22-,39-33?. The number of benzene rings is 3. The summed E-state index contributed by atoms with van der Waals surface area (Å²) in [7, 11) is 1.49. The Balaban J connectivity index is 1.03. The Morgan fingerprint density at radius 1 is 0.959 bits per heavy atom. The van der Waals surface area contributed by atoms with Crippen molar-refractivity contribution >= 4 is 40.5 Å². The second kappa shape index (κ2) is 14.1. The van der Waals surface area contributed by atoms with E-state index in [-0.39, 0.29) is 17.5 Å². The second-order valence-electron chi connectivity index (χ2n) is 13.1. The number of imide groups is 1. The number of nitrogens with zero attached hydrogens (tertiary/aromatic N) is 3. The Morgan fingerprint density at radius 3 is 2.24 bits per heavy atom. The van der Waals surface area contributed by atoms with Crippen molar-refractivity contribution in [2.45, 2.75) is 50.6 Å². The Kier molecular flexibility index (Phi) is 9.64. The highest BCUT2D eigenvalue weighted by Crippen LogP contribution is 2.34. The topological polar surface area (TPSA) is 169 Å². The molecule has 0 aliphatic carbocycles. The van der Waals surface area contributed by atoms with Crippen molar-refractivity contribution in [3.05, 3.63) is 101 Å². The third-order valence-corrected chi connectivity index (χ3v) is 10.3. The lowest BCUT2D eigenvalue weighted by Gasteiger charge is -2.42. The summed E-state index contributed by atoms with van der Waals surface area (Å²) in [5.74, 6) is -0.798. The number of carbonyl (C=O) groups is 3. The minimum absolute atomic E-state index is 0.0737. The number of para-hydroxylation sites is 1. The van der Waals surface area contributed by atoms with Crippen LogP contribution in [0.2, 0.25) is 0 Å². The van der Waals surface area contributed by atoms with E-state index in [0.717, 1.165) is 68.0 Å². The Bertz CT molecular complexity index is 1820. The van der Waals surface area contributed by atoms with Gasteiger partial charge in [-0.05, 0) is 93.1 Å². The number of likely N-dealkylation sites (tertiary alicyclic amines) is 1. The minimum atomic E-state index is -0.873. The van der Waals surface area contributed by atoms with Gasteiger partial charge in [-0.15, -0.1) is 0 Å². The molecule has 6 rings (SSSR count). The van der Waals surface area contributed by atoms with Crippen LogP contribution in [-0.4, -0.2) is 89.5 Å². The normalized spacial score (nSPS) is 18.4. The van der Waals surface area contributed by atoms with Crippen molar-refractivity contribution in [3.8, 4) is 5.75 Å². The number of hydrogen-bond acceptors (Lipinski definition) is 7. The molecule has 49 heavy (non-hydrogen) atoms. The van der Waals surface area contributed by atoms with E-state index in [2.05, 4.69) is 27.2 Å². The first-order valence-electron chi connectivity index (χ1n) is 16.9. The van der Waals surface area contributed by atoms with Gasteiger partial charge in [-0.25, -0.2) is 0 Å². The van der Waals surface area contributed by atoms with Crippen LogP contribution in [-0.2, 0) is 4.79 Å². The highest BCUT2D eigenvalue weighted by molar-refractivity contribution is 6.26. The largest absolute Gasteiger partial charge is 0.507 e. The number of aromatic hydroxyl groups is 1. The highest BCUT2D eigenvalue weighted by atomic mass is 16.3. The number of amides is 3. The van der Waals surface area contributed by atoms with Gasteiger partial charge in [0, 0.05) is 43.5 Å². The second-order valence-corrected chi connectivity index (χ2v) is 13.1. The van der Waals surface area contributed by atoms with Crippen LogP contribution < -0.4 is 21.4 Å². The predicted octanol–water partition coefficient (Wildman–Crippen LogP) is 2.54. The van der Waals surface area contributed by atoms with Gasteiger partial charge in [-0.3, -0.25) is 30.1 Å². The van der Waals surface area contributed by atoms with Crippen molar-refractivity contribution in [2.24, 2.45) is 5.73 Å². The molecule has 3 aromatic rings. The number of phenols is 1. The van der Waals surface area contributed by atoms with Gasteiger partial charge in [0.25, 0.3) is 11.8 Å². The van der Waals surface area contributed by atoms with Gasteiger partial charge in [-0.1, -0.05) is 36.4 Å². The zero-order valence-electron chi connectivity index (χ0n) is 28.0. The summed E-state index contributed by atoms with van der Waals surface area (Å²) in [5, 5.41) is 27.1. The molecule has 2 saturated heterocycles. The predicted molar refractivity (Wildman–Crippen MR) is 190 cm³/mol. The molecular weight excluding hydrogens is 618 g/mol. The number of piperidine rings is 2. The number of phenolic OH excluding ortho intramolecular Hbond substituents is 1. The summed E-state index contributed by atoms with van der Waals surface area (Å²) < 4.78 is 0. The van der Waals surface area contributed by atoms with Crippen LogP contribution >= 0.6 is 0 Å². The summed E-state index contributed by atoms with van der Waals surface area (Å²) in [5.41, 5.74) is 11.0. The van der Waals surface area contributed by atoms with Gasteiger partial charge < -0.3 is 26.0 Å². The van der Waals surface area contributed by atoms with E-state index in [1.54, 1.807) is 49.4 Å². The van der Waals surface area contributed by atoms with Crippen LogP contribution in [0.3, 0.4) is 0 Å². The fourth-order valence-electron chi connectivity index (χ4n) is 7.41. The molecule has 0 bridgehead atoms. The number of nitrogens with two attached hydrogens (primary N) is 2. The fraction of sp³-hybridized carbons (Fsp3) is 0.342. The molecule has 3 amide bonds. The van der Waals surface area contributed by atoms with Gasteiger partial charge in [0.2, 0.25) is 11.6 Å². The van der Waals surface area contributed by atoms with Crippen LogP contribution in [0.1, 0.15) is 75.9 Å². The van der Waals surface area contributed by atoms with Crippen LogP contribution in [0.25, 0.3) is 5.57 Å². The highest BCUT2D eigenvalue weighted by Gasteiger charge is 2.41. The first kappa shape index (κ1) is 33.6.